The van der Waals surface area contributed by atoms with Crippen molar-refractivity contribution in [3.8, 4) is 6.07 Å². The maximum atomic E-state index is 11.8. The Labute approximate surface area is 102 Å². The topological polar surface area (TPSA) is 85.2 Å². The van der Waals surface area contributed by atoms with Crippen molar-refractivity contribution in [2.24, 2.45) is 0 Å². The molecule has 1 aliphatic heterocycles. The van der Waals surface area contributed by atoms with Crippen molar-refractivity contribution in [3.05, 3.63) is 0 Å². The summed E-state index contributed by atoms with van der Waals surface area (Å²) >= 11 is 0. The number of nitrogens with zero attached hydrogens (tertiary/aromatic N) is 2. The molecule has 0 amide bonds. The van der Waals surface area contributed by atoms with Crippen molar-refractivity contribution in [2.45, 2.75) is 37.3 Å². The fourth-order valence-corrected chi connectivity index (χ4v) is 3.44. The van der Waals surface area contributed by atoms with Gasteiger partial charge in [0, 0.05) is 19.1 Å². The number of nitriles is 1. The minimum absolute atomic E-state index is 0.0644. The Hall–Kier alpha value is -0.680. The van der Waals surface area contributed by atoms with Gasteiger partial charge in [-0.15, -0.1) is 0 Å². The quantitative estimate of drug-likeness (QED) is 0.716. The van der Waals surface area contributed by atoms with Crippen LogP contribution in [0.1, 0.15) is 25.7 Å². The summed E-state index contributed by atoms with van der Waals surface area (Å²) in [4.78, 5) is 2.10. The van der Waals surface area contributed by atoms with Crippen LogP contribution in [0, 0.1) is 11.3 Å². The molecule has 17 heavy (non-hydrogen) atoms. The van der Waals surface area contributed by atoms with Crippen LogP contribution in [0.25, 0.3) is 0 Å². The Morgan fingerprint density at radius 2 is 1.94 bits per heavy atom. The summed E-state index contributed by atoms with van der Waals surface area (Å²) in [5.74, 6) is 0. The molecular formula is C10H18N4O2S. The average Bonchev–Trinajstić information content (AvgIpc) is 3.04. The third-order valence-electron chi connectivity index (χ3n) is 3.28. The first-order valence-corrected chi connectivity index (χ1v) is 7.34. The van der Waals surface area contributed by atoms with Crippen molar-refractivity contribution in [1.82, 2.24) is 14.3 Å². The highest BCUT2D eigenvalue weighted by atomic mass is 32.2. The average molecular weight is 258 g/mol. The van der Waals surface area contributed by atoms with Gasteiger partial charge < -0.3 is 4.90 Å². The maximum Gasteiger partial charge on any atom is 0.278 e. The number of rotatable bonds is 4. The summed E-state index contributed by atoms with van der Waals surface area (Å²) in [5, 5.41) is 9.22. The molecule has 0 unspecified atom stereocenters. The van der Waals surface area contributed by atoms with Crippen LogP contribution < -0.4 is 9.44 Å². The van der Waals surface area contributed by atoms with Crippen LogP contribution in [0.3, 0.4) is 0 Å². The second kappa shape index (κ2) is 4.53. The Morgan fingerprint density at radius 3 is 2.41 bits per heavy atom. The zero-order valence-corrected chi connectivity index (χ0v) is 10.8. The molecule has 1 heterocycles. The fourth-order valence-electron chi connectivity index (χ4n) is 1.94. The van der Waals surface area contributed by atoms with E-state index < -0.39 is 15.7 Å². The lowest BCUT2D eigenvalue weighted by atomic mass is 9.91. The number of nitrogens with one attached hydrogen (secondary N) is 2. The summed E-state index contributed by atoms with van der Waals surface area (Å²) < 4.78 is 28.7. The molecular weight excluding hydrogens is 240 g/mol. The van der Waals surface area contributed by atoms with E-state index in [-0.39, 0.29) is 6.04 Å². The van der Waals surface area contributed by atoms with E-state index in [2.05, 4.69) is 20.4 Å². The molecule has 0 atom stereocenters. The molecule has 6 nitrogen and oxygen atoms in total. The molecule has 0 aromatic rings. The maximum absolute atomic E-state index is 11.8. The predicted molar refractivity (Wildman–Crippen MR) is 63.3 cm³/mol. The zero-order chi connectivity index (χ0) is 12.5. The predicted octanol–water partition coefficient (Wildman–Crippen LogP) is -0.439. The molecule has 2 fully saturated rings. The van der Waals surface area contributed by atoms with E-state index in [0.717, 1.165) is 25.9 Å². The van der Waals surface area contributed by atoms with Gasteiger partial charge in [-0.1, -0.05) is 0 Å². The molecule has 96 valence electrons. The van der Waals surface area contributed by atoms with E-state index >= 15 is 0 Å². The molecule has 0 bridgehead atoms. The highest BCUT2D eigenvalue weighted by Gasteiger charge is 2.39. The van der Waals surface area contributed by atoms with Crippen LogP contribution >= 0.6 is 0 Å². The van der Waals surface area contributed by atoms with Gasteiger partial charge in [0.25, 0.3) is 10.2 Å². The van der Waals surface area contributed by atoms with Crippen molar-refractivity contribution >= 4 is 10.2 Å². The van der Waals surface area contributed by atoms with Gasteiger partial charge in [-0.05, 0) is 32.7 Å². The highest BCUT2D eigenvalue weighted by molar-refractivity contribution is 7.87. The van der Waals surface area contributed by atoms with Crippen LogP contribution in [0.15, 0.2) is 0 Å². The second-order valence-corrected chi connectivity index (χ2v) is 6.44. The molecule has 0 spiro atoms. The van der Waals surface area contributed by atoms with E-state index in [0.29, 0.717) is 12.8 Å². The second-order valence-electron chi connectivity index (χ2n) is 4.99. The lowest BCUT2D eigenvalue weighted by molar-refractivity contribution is 0.213. The minimum atomic E-state index is -3.55. The van der Waals surface area contributed by atoms with Crippen molar-refractivity contribution in [2.75, 3.05) is 20.1 Å². The van der Waals surface area contributed by atoms with Crippen molar-refractivity contribution < 1.29 is 8.42 Å². The van der Waals surface area contributed by atoms with Gasteiger partial charge in [0.05, 0.1) is 6.07 Å². The van der Waals surface area contributed by atoms with Crippen molar-refractivity contribution in [1.29, 1.82) is 5.26 Å². The molecule has 2 N–H and O–H groups in total. The molecule has 0 aromatic heterocycles. The molecule has 1 saturated carbocycles. The van der Waals surface area contributed by atoms with Gasteiger partial charge in [-0.3, -0.25) is 0 Å². The standard InChI is InChI=1S/C10H18N4O2S/c1-14-6-4-10(8-11,5-7-14)13-17(15,16)12-9-2-3-9/h9,12-13H,2-7H2,1H3. The van der Waals surface area contributed by atoms with Crippen LogP contribution in [-0.2, 0) is 10.2 Å². The highest BCUT2D eigenvalue weighted by Crippen LogP contribution is 2.23. The Morgan fingerprint density at radius 1 is 1.35 bits per heavy atom. The summed E-state index contributed by atoms with van der Waals surface area (Å²) in [5.41, 5.74) is -0.937. The van der Waals surface area contributed by atoms with Crippen LogP contribution in [-0.4, -0.2) is 45.0 Å². The number of hydrogen-bond donors (Lipinski definition) is 2. The summed E-state index contributed by atoms with van der Waals surface area (Å²) in [6, 6.07) is 2.20. The summed E-state index contributed by atoms with van der Waals surface area (Å²) in [6.07, 6.45) is 2.85. The largest absolute Gasteiger partial charge is 0.306 e. The molecule has 1 saturated heterocycles. The number of likely N-dealkylation sites (tertiary alicyclic amines) is 1. The van der Waals surface area contributed by atoms with Crippen LogP contribution in [0.4, 0.5) is 0 Å². The molecule has 0 radical (unpaired) electrons. The van der Waals surface area contributed by atoms with Crippen LogP contribution in [0.5, 0.6) is 0 Å². The normalized spacial score (nSPS) is 25.4. The Balaban J connectivity index is 2.01. The first-order valence-electron chi connectivity index (χ1n) is 5.86. The molecule has 2 rings (SSSR count). The Kier molecular flexibility index (Phi) is 3.41. The van der Waals surface area contributed by atoms with E-state index in [1.54, 1.807) is 0 Å². The van der Waals surface area contributed by atoms with E-state index in [1.165, 1.54) is 0 Å². The molecule has 7 heteroatoms. The van der Waals surface area contributed by atoms with Crippen LogP contribution in [0.2, 0.25) is 0 Å². The lowest BCUT2D eigenvalue weighted by Gasteiger charge is -2.35. The Bertz CT molecular complexity index is 416. The van der Waals surface area contributed by atoms with Gasteiger partial charge in [-0.25, -0.2) is 0 Å². The fraction of sp³-hybridized carbons (Fsp3) is 0.900. The monoisotopic (exact) mass is 258 g/mol. The lowest BCUT2D eigenvalue weighted by Crippen LogP contribution is -2.56. The first-order chi connectivity index (χ1) is 7.95. The van der Waals surface area contributed by atoms with E-state index in [9.17, 15) is 13.7 Å². The van der Waals surface area contributed by atoms with Crippen molar-refractivity contribution in [3.63, 3.8) is 0 Å². The van der Waals surface area contributed by atoms with Gasteiger partial charge in [0.15, 0.2) is 0 Å². The zero-order valence-electron chi connectivity index (χ0n) is 9.94. The van der Waals surface area contributed by atoms with E-state index in [1.807, 2.05) is 7.05 Å². The van der Waals surface area contributed by atoms with Gasteiger partial charge in [0.2, 0.25) is 0 Å². The third kappa shape index (κ3) is 3.39. The smallest absolute Gasteiger partial charge is 0.278 e. The summed E-state index contributed by atoms with van der Waals surface area (Å²) in [6.45, 7) is 1.47. The first kappa shape index (κ1) is 12.8. The van der Waals surface area contributed by atoms with Gasteiger partial charge in [-0.2, -0.15) is 23.1 Å². The SMILES string of the molecule is CN1CCC(C#N)(NS(=O)(=O)NC2CC2)CC1. The minimum Gasteiger partial charge on any atom is -0.306 e. The summed E-state index contributed by atoms with van der Waals surface area (Å²) in [7, 11) is -1.58. The molecule has 0 aromatic carbocycles. The number of piperidine rings is 1. The molecule has 2 aliphatic rings. The third-order valence-corrected chi connectivity index (χ3v) is 4.59. The number of hydrogen-bond acceptors (Lipinski definition) is 4. The molecule has 1 aliphatic carbocycles. The van der Waals surface area contributed by atoms with E-state index in [4.69, 9.17) is 0 Å². The van der Waals surface area contributed by atoms with Gasteiger partial charge in [0.1, 0.15) is 5.54 Å². The van der Waals surface area contributed by atoms with Gasteiger partial charge >= 0.3 is 0 Å².